The van der Waals surface area contributed by atoms with Gasteiger partial charge in [0, 0.05) is 0 Å². The summed E-state index contributed by atoms with van der Waals surface area (Å²) in [6.07, 6.45) is 7.58. The summed E-state index contributed by atoms with van der Waals surface area (Å²) in [5.41, 5.74) is 0. The summed E-state index contributed by atoms with van der Waals surface area (Å²) in [6.45, 7) is 7.08. The average molecular weight is 195 g/mol. The van der Waals surface area contributed by atoms with E-state index in [9.17, 15) is 0 Å². The molecule has 0 bridgehead atoms. The van der Waals surface area contributed by atoms with E-state index in [2.05, 4.69) is 19.2 Å². The first-order valence-electron chi connectivity index (χ1n) is 6.48. The van der Waals surface area contributed by atoms with Crippen molar-refractivity contribution in [3.63, 3.8) is 0 Å². The predicted octanol–water partition coefficient (Wildman–Crippen LogP) is 3.06. The molecule has 1 nitrogen and oxygen atoms in total. The van der Waals surface area contributed by atoms with E-state index in [1.807, 2.05) is 0 Å². The Balaban J connectivity index is 1.68. The Hall–Kier alpha value is -0.0400. The molecule has 0 aromatic carbocycles. The molecule has 2 fully saturated rings. The van der Waals surface area contributed by atoms with Gasteiger partial charge in [0.1, 0.15) is 0 Å². The first kappa shape index (κ1) is 10.5. The lowest BCUT2D eigenvalue weighted by Crippen LogP contribution is -2.28. The number of rotatable bonds is 5. The second-order valence-corrected chi connectivity index (χ2v) is 5.74. The van der Waals surface area contributed by atoms with Crippen LogP contribution >= 0.6 is 0 Å². The summed E-state index contributed by atoms with van der Waals surface area (Å²) in [5.74, 6) is 4.04. The highest BCUT2D eigenvalue weighted by Gasteiger charge is 2.38. The van der Waals surface area contributed by atoms with E-state index in [0.29, 0.717) is 0 Å². The van der Waals surface area contributed by atoms with Crippen LogP contribution in [-0.2, 0) is 0 Å². The van der Waals surface area contributed by atoms with Crippen molar-refractivity contribution in [1.82, 2.24) is 5.32 Å². The highest BCUT2D eigenvalue weighted by Crippen LogP contribution is 2.47. The lowest BCUT2D eigenvalue weighted by atomic mass is 9.91. The first-order chi connectivity index (χ1) is 6.77. The van der Waals surface area contributed by atoms with Crippen molar-refractivity contribution in [2.24, 2.45) is 23.7 Å². The number of nitrogens with one attached hydrogen (secondary N) is 1. The standard InChI is InChI=1S/C13H25N/c1-10(2)8-14-9-12-4-3-5-13(12)11-6-7-11/h10-14H,3-9H2,1-2H3. The Morgan fingerprint density at radius 1 is 1.14 bits per heavy atom. The van der Waals surface area contributed by atoms with Gasteiger partial charge in [-0.1, -0.05) is 20.3 Å². The number of hydrogen-bond acceptors (Lipinski definition) is 1. The largest absolute Gasteiger partial charge is 0.316 e. The summed E-state index contributed by atoms with van der Waals surface area (Å²) < 4.78 is 0. The third-order valence-corrected chi connectivity index (χ3v) is 3.90. The van der Waals surface area contributed by atoms with Gasteiger partial charge in [0.15, 0.2) is 0 Å². The molecular formula is C13H25N. The maximum Gasteiger partial charge on any atom is -0.00177 e. The van der Waals surface area contributed by atoms with Crippen molar-refractivity contribution >= 4 is 0 Å². The topological polar surface area (TPSA) is 12.0 Å². The molecule has 0 spiro atoms. The molecule has 2 aliphatic rings. The predicted molar refractivity (Wildman–Crippen MR) is 61.3 cm³/mol. The number of hydrogen-bond donors (Lipinski definition) is 1. The van der Waals surface area contributed by atoms with Gasteiger partial charge in [-0.25, -0.2) is 0 Å². The van der Waals surface area contributed by atoms with Crippen LogP contribution in [-0.4, -0.2) is 13.1 Å². The second-order valence-electron chi connectivity index (χ2n) is 5.74. The van der Waals surface area contributed by atoms with Crippen molar-refractivity contribution < 1.29 is 0 Å². The van der Waals surface area contributed by atoms with Crippen molar-refractivity contribution in [2.75, 3.05) is 13.1 Å². The summed E-state index contributed by atoms with van der Waals surface area (Å²) in [7, 11) is 0. The Labute approximate surface area is 88.7 Å². The van der Waals surface area contributed by atoms with Crippen LogP contribution in [0.15, 0.2) is 0 Å². The van der Waals surface area contributed by atoms with E-state index in [4.69, 9.17) is 0 Å². The summed E-state index contributed by atoms with van der Waals surface area (Å²) in [5, 5.41) is 3.64. The zero-order valence-corrected chi connectivity index (χ0v) is 9.76. The minimum Gasteiger partial charge on any atom is -0.316 e. The maximum atomic E-state index is 3.64. The fourth-order valence-corrected chi connectivity index (χ4v) is 3.02. The molecule has 2 saturated carbocycles. The van der Waals surface area contributed by atoms with Gasteiger partial charge in [0.2, 0.25) is 0 Å². The van der Waals surface area contributed by atoms with Gasteiger partial charge in [0.05, 0.1) is 0 Å². The van der Waals surface area contributed by atoms with E-state index >= 15 is 0 Å². The van der Waals surface area contributed by atoms with Crippen LogP contribution in [0.3, 0.4) is 0 Å². The molecule has 0 aliphatic heterocycles. The van der Waals surface area contributed by atoms with Crippen molar-refractivity contribution in [3.8, 4) is 0 Å². The molecule has 1 N–H and O–H groups in total. The van der Waals surface area contributed by atoms with Gasteiger partial charge in [-0.3, -0.25) is 0 Å². The van der Waals surface area contributed by atoms with E-state index < -0.39 is 0 Å². The molecule has 2 rings (SSSR count). The van der Waals surface area contributed by atoms with Gasteiger partial charge in [-0.05, 0) is 62.4 Å². The minimum absolute atomic E-state index is 0.802. The smallest absolute Gasteiger partial charge is 0.00177 e. The molecule has 2 atom stereocenters. The van der Waals surface area contributed by atoms with Crippen LogP contribution in [0.4, 0.5) is 0 Å². The summed E-state index contributed by atoms with van der Waals surface area (Å²) in [4.78, 5) is 0. The molecular weight excluding hydrogens is 170 g/mol. The Bertz CT molecular complexity index is 172. The molecule has 0 amide bonds. The molecule has 0 saturated heterocycles. The monoisotopic (exact) mass is 195 g/mol. The van der Waals surface area contributed by atoms with E-state index in [1.54, 1.807) is 0 Å². The van der Waals surface area contributed by atoms with Crippen LogP contribution in [0.2, 0.25) is 0 Å². The van der Waals surface area contributed by atoms with E-state index in [-0.39, 0.29) is 0 Å². The quantitative estimate of drug-likeness (QED) is 0.711. The molecule has 0 heterocycles. The normalized spacial score (nSPS) is 32.8. The lowest BCUT2D eigenvalue weighted by Gasteiger charge is -2.20. The van der Waals surface area contributed by atoms with Crippen molar-refractivity contribution in [2.45, 2.75) is 46.0 Å². The van der Waals surface area contributed by atoms with E-state index in [1.165, 1.54) is 45.2 Å². The Kier molecular flexibility index (Phi) is 3.48. The molecule has 0 aromatic heterocycles. The molecule has 0 aromatic rings. The highest BCUT2D eigenvalue weighted by atomic mass is 14.9. The zero-order chi connectivity index (χ0) is 9.97. The lowest BCUT2D eigenvalue weighted by molar-refractivity contribution is 0.326. The molecule has 14 heavy (non-hydrogen) atoms. The van der Waals surface area contributed by atoms with Gasteiger partial charge >= 0.3 is 0 Å². The average Bonchev–Trinajstić information content (AvgIpc) is 2.87. The molecule has 1 heteroatoms. The molecule has 0 radical (unpaired) electrons. The van der Waals surface area contributed by atoms with Crippen molar-refractivity contribution in [3.05, 3.63) is 0 Å². The molecule has 2 unspecified atom stereocenters. The third kappa shape index (κ3) is 2.73. The van der Waals surface area contributed by atoms with E-state index in [0.717, 1.165) is 23.7 Å². The van der Waals surface area contributed by atoms with Gasteiger partial charge < -0.3 is 5.32 Å². The molecule has 2 aliphatic carbocycles. The first-order valence-corrected chi connectivity index (χ1v) is 6.48. The van der Waals surface area contributed by atoms with Crippen LogP contribution in [0.25, 0.3) is 0 Å². The van der Waals surface area contributed by atoms with Crippen LogP contribution in [0, 0.1) is 23.7 Å². The van der Waals surface area contributed by atoms with Crippen LogP contribution in [0.5, 0.6) is 0 Å². The summed E-state index contributed by atoms with van der Waals surface area (Å²) in [6, 6.07) is 0. The Morgan fingerprint density at radius 3 is 2.57 bits per heavy atom. The third-order valence-electron chi connectivity index (χ3n) is 3.90. The minimum atomic E-state index is 0.802. The highest BCUT2D eigenvalue weighted by molar-refractivity contribution is 4.90. The van der Waals surface area contributed by atoms with Crippen molar-refractivity contribution in [1.29, 1.82) is 0 Å². The fourth-order valence-electron chi connectivity index (χ4n) is 3.02. The zero-order valence-electron chi connectivity index (χ0n) is 9.76. The van der Waals surface area contributed by atoms with Crippen LogP contribution in [0.1, 0.15) is 46.0 Å². The SMILES string of the molecule is CC(C)CNCC1CCCC1C1CC1. The van der Waals surface area contributed by atoms with Gasteiger partial charge in [-0.15, -0.1) is 0 Å². The fraction of sp³-hybridized carbons (Fsp3) is 1.00. The van der Waals surface area contributed by atoms with Gasteiger partial charge in [0.25, 0.3) is 0 Å². The molecule has 82 valence electrons. The Morgan fingerprint density at radius 2 is 1.93 bits per heavy atom. The van der Waals surface area contributed by atoms with Gasteiger partial charge in [-0.2, -0.15) is 0 Å². The van der Waals surface area contributed by atoms with Crippen LogP contribution < -0.4 is 5.32 Å². The maximum absolute atomic E-state index is 3.64. The second kappa shape index (κ2) is 4.65. The summed E-state index contributed by atoms with van der Waals surface area (Å²) >= 11 is 0.